The minimum atomic E-state index is -0.681. The maximum absolute atomic E-state index is 12.4. The molecule has 3 N–H and O–H groups in total. The first-order chi connectivity index (χ1) is 14.8. The Kier molecular flexibility index (Phi) is 7.72. The van der Waals surface area contributed by atoms with Crippen LogP contribution < -0.4 is 25.0 Å². The number of rotatable bonds is 9. The van der Waals surface area contributed by atoms with E-state index < -0.39 is 23.3 Å². The highest BCUT2D eigenvalue weighted by Gasteiger charge is 2.17. The number of aromatic hydroxyl groups is 1. The number of nitro groups is 1. The van der Waals surface area contributed by atoms with Gasteiger partial charge in [0.15, 0.2) is 11.5 Å². The van der Waals surface area contributed by atoms with Crippen LogP contribution in [0.3, 0.4) is 0 Å². The summed E-state index contributed by atoms with van der Waals surface area (Å²) in [4.78, 5) is 34.6. The molecule has 0 aliphatic rings. The monoisotopic (exact) mass is 432 g/mol. The van der Waals surface area contributed by atoms with Gasteiger partial charge >= 0.3 is 0 Å². The van der Waals surface area contributed by atoms with E-state index in [9.17, 15) is 24.8 Å². The second-order valence-electron chi connectivity index (χ2n) is 5.89. The molecule has 2 aromatic rings. The second-order valence-corrected chi connectivity index (χ2v) is 5.89. The predicted octanol–water partition coefficient (Wildman–Crippen LogP) is 1.21. The lowest BCUT2D eigenvalue weighted by molar-refractivity contribution is -0.385. The van der Waals surface area contributed by atoms with E-state index in [0.717, 1.165) is 24.4 Å². The van der Waals surface area contributed by atoms with Crippen LogP contribution in [0.15, 0.2) is 35.4 Å². The molecule has 0 saturated heterocycles. The molecule has 0 saturated carbocycles. The van der Waals surface area contributed by atoms with Crippen LogP contribution in [0, 0.1) is 10.1 Å². The molecule has 0 heterocycles. The van der Waals surface area contributed by atoms with Crippen molar-refractivity contribution in [2.75, 3.05) is 27.9 Å². The first-order valence-electron chi connectivity index (χ1n) is 8.68. The van der Waals surface area contributed by atoms with Gasteiger partial charge in [-0.1, -0.05) is 0 Å². The van der Waals surface area contributed by atoms with Gasteiger partial charge in [-0.2, -0.15) is 5.10 Å². The fourth-order valence-electron chi connectivity index (χ4n) is 2.50. The standard InChI is InChI=1S/C19H20N4O8/c1-29-15-7-11(8-16(30-2)18(15)31-3)19(26)20-10-17(25)22-21-9-12-6-13(24)4-5-14(12)23(27)28/h4-9,24H,10H2,1-3H3,(H,20,26)(H,22,25)/b21-9-. The van der Waals surface area contributed by atoms with E-state index in [2.05, 4.69) is 15.8 Å². The van der Waals surface area contributed by atoms with E-state index in [1.807, 2.05) is 0 Å². The number of nitrogens with one attached hydrogen (secondary N) is 2. The highest BCUT2D eigenvalue weighted by atomic mass is 16.6. The van der Waals surface area contributed by atoms with Crippen molar-refractivity contribution in [3.63, 3.8) is 0 Å². The third-order valence-electron chi connectivity index (χ3n) is 3.94. The minimum absolute atomic E-state index is 0.00763. The van der Waals surface area contributed by atoms with Crippen molar-refractivity contribution < 1.29 is 33.8 Å². The van der Waals surface area contributed by atoms with Gasteiger partial charge in [0.05, 0.1) is 44.6 Å². The fraction of sp³-hybridized carbons (Fsp3) is 0.211. The Balaban J connectivity index is 2.01. The molecule has 0 spiro atoms. The first kappa shape index (κ1) is 22.9. The lowest BCUT2D eigenvalue weighted by atomic mass is 10.1. The number of hydrogen-bond donors (Lipinski definition) is 3. The summed E-state index contributed by atoms with van der Waals surface area (Å²) in [5, 5.41) is 26.4. The number of nitro benzene ring substituents is 1. The van der Waals surface area contributed by atoms with Crippen molar-refractivity contribution in [2.45, 2.75) is 0 Å². The topological polar surface area (TPSA) is 162 Å². The molecule has 0 unspecified atom stereocenters. The SMILES string of the molecule is COc1cc(C(=O)NCC(=O)N/N=C\c2cc(O)ccc2[N+](=O)[O-])cc(OC)c1OC. The van der Waals surface area contributed by atoms with Gasteiger partial charge in [-0.05, 0) is 24.3 Å². The highest BCUT2D eigenvalue weighted by molar-refractivity contribution is 5.97. The molecule has 0 atom stereocenters. The minimum Gasteiger partial charge on any atom is -0.508 e. The summed E-state index contributed by atoms with van der Waals surface area (Å²) < 4.78 is 15.5. The molecule has 31 heavy (non-hydrogen) atoms. The third-order valence-corrected chi connectivity index (χ3v) is 3.94. The van der Waals surface area contributed by atoms with Gasteiger partial charge in [0, 0.05) is 11.6 Å². The van der Waals surface area contributed by atoms with E-state index in [1.165, 1.54) is 33.5 Å². The Morgan fingerprint density at radius 1 is 1.13 bits per heavy atom. The highest BCUT2D eigenvalue weighted by Crippen LogP contribution is 2.38. The van der Waals surface area contributed by atoms with Crippen molar-refractivity contribution in [3.8, 4) is 23.0 Å². The third kappa shape index (κ3) is 5.82. The zero-order valence-corrected chi connectivity index (χ0v) is 16.9. The smallest absolute Gasteiger partial charge is 0.278 e. The molecule has 12 heteroatoms. The van der Waals surface area contributed by atoms with Gasteiger partial charge in [0.1, 0.15) is 5.75 Å². The average molecular weight is 432 g/mol. The number of ether oxygens (including phenoxy) is 3. The average Bonchev–Trinajstić information content (AvgIpc) is 2.76. The molecule has 12 nitrogen and oxygen atoms in total. The van der Waals surface area contributed by atoms with Gasteiger partial charge in [0.2, 0.25) is 5.75 Å². The number of carbonyl (C=O) groups is 2. The number of amides is 2. The van der Waals surface area contributed by atoms with E-state index >= 15 is 0 Å². The summed E-state index contributed by atoms with van der Waals surface area (Å²) in [5.41, 5.74) is 1.99. The molecule has 0 aliphatic heterocycles. The van der Waals surface area contributed by atoms with Gasteiger partial charge in [-0.25, -0.2) is 5.43 Å². The van der Waals surface area contributed by atoms with Crippen LogP contribution in [0.5, 0.6) is 23.0 Å². The van der Waals surface area contributed by atoms with E-state index in [0.29, 0.717) is 5.75 Å². The molecule has 0 bridgehead atoms. The molecule has 2 rings (SSSR count). The van der Waals surface area contributed by atoms with Crippen LogP contribution in [0.1, 0.15) is 15.9 Å². The number of phenolic OH excluding ortho intramolecular Hbond substituents is 1. The van der Waals surface area contributed by atoms with Gasteiger partial charge in [-0.15, -0.1) is 0 Å². The Labute approximate surface area is 176 Å². The van der Waals surface area contributed by atoms with Crippen LogP contribution in [0.2, 0.25) is 0 Å². The van der Waals surface area contributed by atoms with Crippen LogP contribution >= 0.6 is 0 Å². The molecule has 0 fully saturated rings. The molecular formula is C19H20N4O8. The van der Waals surface area contributed by atoms with Crippen molar-refractivity contribution in [1.82, 2.24) is 10.7 Å². The maximum atomic E-state index is 12.4. The van der Waals surface area contributed by atoms with Crippen LogP contribution in [0.4, 0.5) is 5.69 Å². The number of hydrazone groups is 1. The number of benzene rings is 2. The summed E-state index contributed by atoms with van der Waals surface area (Å²) in [5.74, 6) is -0.602. The largest absolute Gasteiger partial charge is 0.508 e. The lowest BCUT2D eigenvalue weighted by Gasteiger charge is -2.14. The number of hydrogen-bond acceptors (Lipinski definition) is 9. The second kappa shape index (κ2) is 10.4. The Bertz CT molecular complexity index is 997. The Hall–Kier alpha value is -4.35. The number of carbonyl (C=O) groups excluding carboxylic acids is 2. The van der Waals surface area contributed by atoms with E-state index in [4.69, 9.17) is 14.2 Å². The molecule has 164 valence electrons. The van der Waals surface area contributed by atoms with Crippen molar-refractivity contribution in [3.05, 3.63) is 51.6 Å². The van der Waals surface area contributed by atoms with E-state index in [-0.39, 0.29) is 34.1 Å². The molecule has 2 aromatic carbocycles. The van der Waals surface area contributed by atoms with Gasteiger partial charge in [0.25, 0.3) is 17.5 Å². The number of methoxy groups -OCH3 is 3. The van der Waals surface area contributed by atoms with Crippen molar-refractivity contribution in [1.29, 1.82) is 0 Å². The maximum Gasteiger partial charge on any atom is 0.278 e. The summed E-state index contributed by atoms with van der Waals surface area (Å²) in [7, 11) is 4.24. The zero-order chi connectivity index (χ0) is 23.0. The van der Waals surface area contributed by atoms with Crippen LogP contribution in [0.25, 0.3) is 0 Å². The Morgan fingerprint density at radius 3 is 2.32 bits per heavy atom. The predicted molar refractivity (Wildman–Crippen MR) is 109 cm³/mol. The fourth-order valence-corrected chi connectivity index (χ4v) is 2.50. The van der Waals surface area contributed by atoms with Crippen molar-refractivity contribution in [2.24, 2.45) is 5.10 Å². The number of nitrogens with zero attached hydrogens (tertiary/aromatic N) is 2. The summed E-state index contributed by atoms with van der Waals surface area (Å²) >= 11 is 0. The Morgan fingerprint density at radius 2 is 1.77 bits per heavy atom. The van der Waals surface area contributed by atoms with Gasteiger partial charge < -0.3 is 24.6 Å². The first-order valence-corrected chi connectivity index (χ1v) is 8.68. The molecule has 0 aromatic heterocycles. The van der Waals surface area contributed by atoms with Crippen LogP contribution in [-0.2, 0) is 4.79 Å². The summed E-state index contributed by atoms with van der Waals surface area (Å²) in [6, 6.07) is 6.24. The summed E-state index contributed by atoms with van der Waals surface area (Å²) in [6.45, 7) is -0.422. The normalized spacial score (nSPS) is 10.4. The molecule has 2 amide bonds. The zero-order valence-electron chi connectivity index (χ0n) is 16.9. The molecular weight excluding hydrogens is 412 g/mol. The molecule has 0 radical (unpaired) electrons. The number of phenols is 1. The van der Waals surface area contributed by atoms with Gasteiger partial charge in [-0.3, -0.25) is 19.7 Å². The molecule has 0 aliphatic carbocycles. The quantitative estimate of drug-likeness (QED) is 0.302. The lowest BCUT2D eigenvalue weighted by Crippen LogP contribution is -2.35. The summed E-state index contributed by atoms with van der Waals surface area (Å²) in [6.07, 6.45) is 1.01. The van der Waals surface area contributed by atoms with E-state index in [1.54, 1.807) is 0 Å². The van der Waals surface area contributed by atoms with Crippen molar-refractivity contribution >= 4 is 23.7 Å². The van der Waals surface area contributed by atoms with Crippen LogP contribution in [-0.4, -0.2) is 55.9 Å².